The zero-order chi connectivity index (χ0) is 22.7. The molecule has 0 spiro atoms. The number of ether oxygens (including phenoxy) is 1. The molecule has 0 aliphatic heterocycles. The van der Waals surface area contributed by atoms with Crippen LogP contribution in [-0.2, 0) is 17.8 Å². The molecule has 5 nitrogen and oxygen atoms in total. The predicted octanol–water partition coefficient (Wildman–Crippen LogP) is 5.27. The molecule has 1 aromatic heterocycles. The van der Waals surface area contributed by atoms with Gasteiger partial charge < -0.3 is 14.6 Å². The van der Waals surface area contributed by atoms with Gasteiger partial charge in [0.15, 0.2) is 0 Å². The number of rotatable bonds is 11. The zero-order valence-corrected chi connectivity index (χ0v) is 18.7. The van der Waals surface area contributed by atoms with Gasteiger partial charge in [0.25, 0.3) is 0 Å². The summed E-state index contributed by atoms with van der Waals surface area (Å²) in [6, 6.07) is 27.9. The van der Waals surface area contributed by atoms with Crippen LogP contribution in [0.25, 0.3) is 17.1 Å². The summed E-state index contributed by atoms with van der Waals surface area (Å²) in [5.41, 5.74) is 3.13. The number of carbonyl (C=O) groups excluding carboxylic acids is 1. The number of nitrogens with one attached hydrogen (secondary N) is 1. The van der Waals surface area contributed by atoms with E-state index in [1.807, 2.05) is 84.9 Å². The molecule has 168 valence electrons. The second-order valence-corrected chi connectivity index (χ2v) is 7.82. The van der Waals surface area contributed by atoms with E-state index in [4.69, 9.17) is 9.72 Å². The number of hydrogen-bond acceptors (Lipinski definition) is 3. The highest BCUT2D eigenvalue weighted by molar-refractivity contribution is 5.91. The molecule has 5 heteroatoms. The quantitative estimate of drug-likeness (QED) is 0.256. The molecule has 1 amide bonds. The summed E-state index contributed by atoms with van der Waals surface area (Å²) in [5.74, 6) is 1.80. The molecule has 4 aromatic rings. The van der Waals surface area contributed by atoms with Gasteiger partial charge in [-0.15, -0.1) is 0 Å². The fourth-order valence-electron chi connectivity index (χ4n) is 3.74. The number of aryl methyl sites for hydroxylation is 1. The monoisotopic (exact) mass is 439 g/mol. The summed E-state index contributed by atoms with van der Waals surface area (Å²) in [6.45, 7) is 2.10. The smallest absolute Gasteiger partial charge is 0.244 e. The summed E-state index contributed by atoms with van der Waals surface area (Å²) >= 11 is 0. The standard InChI is InChI=1S/C28H29N3O2/c32-28(18-17-23-11-3-1-4-12-23)29-20-19-27-30-25-15-7-8-16-26(25)31(27)21-9-10-22-33-24-13-5-2-6-14-24/h1-8,11-18H,9-10,19-22H2,(H,29,32)/b18-17+. The lowest BCUT2D eigenvalue weighted by molar-refractivity contribution is -0.116. The first kappa shape index (κ1) is 22.3. The topological polar surface area (TPSA) is 56.2 Å². The third-order valence-corrected chi connectivity index (χ3v) is 5.40. The van der Waals surface area contributed by atoms with Gasteiger partial charge in [-0.05, 0) is 48.7 Å². The summed E-state index contributed by atoms with van der Waals surface area (Å²) in [5, 5.41) is 2.97. The first-order valence-electron chi connectivity index (χ1n) is 11.4. The molecular weight excluding hydrogens is 410 g/mol. The number of aromatic nitrogens is 2. The molecule has 0 aliphatic carbocycles. The van der Waals surface area contributed by atoms with Crippen molar-refractivity contribution in [1.82, 2.24) is 14.9 Å². The van der Waals surface area contributed by atoms with E-state index in [1.54, 1.807) is 6.08 Å². The fourth-order valence-corrected chi connectivity index (χ4v) is 3.74. The van der Waals surface area contributed by atoms with Gasteiger partial charge in [0.2, 0.25) is 5.91 Å². The third kappa shape index (κ3) is 6.56. The van der Waals surface area contributed by atoms with Gasteiger partial charge in [0, 0.05) is 25.6 Å². The van der Waals surface area contributed by atoms with Crippen molar-refractivity contribution in [3.8, 4) is 5.75 Å². The van der Waals surface area contributed by atoms with E-state index in [0.29, 0.717) is 19.6 Å². The van der Waals surface area contributed by atoms with E-state index in [2.05, 4.69) is 16.0 Å². The summed E-state index contributed by atoms with van der Waals surface area (Å²) in [7, 11) is 0. The lowest BCUT2D eigenvalue weighted by Gasteiger charge is -2.10. The van der Waals surface area contributed by atoms with Crippen LogP contribution in [0, 0.1) is 0 Å². The molecule has 3 aromatic carbocycles. The van der Waals surface area contributed by atoms with Crippen molar-refractivity contribution in [3.05, 3.63) is 102 Å². The van der Waals surface area contributed by atoms with Crippen molar-refractivity contribution >= 4 is 23.0 Å². The van der Waals surface area contributed by atoms with Crippen LogP contribution in [-0.4, -0.2) is 28.6 Å². The highest BCUT2D eigenvalue weighted by Gasteiger charge is 2.10. The minimum absolute atomic E-state index is 0.0976. The normalized spacial score (nSPS) is 11.2. The average molecular weight is 440 g/mol. The van der Waals surface area contributed by atoms with Crippen LogP contribution in [0.4, 0.5) is 0 Å². The van der Waals surface area contributed by atoms with Gasteiger partial charge in [-0.2, -0.15) is 0 Å². The summed E-state index contributed by atoms with van der Waals surface area (Å²) in [6.07, 6.45) is 6.03. The minimum atomic E-state index is -0.0976. The molecule has 0 aliphatic rings. The Morgan fingerprint density at radius 3 is 2.45 bits per heavy atom. The van der Waals surface area contributed by atoms with Gasteiger partial charge in [0.05, 0.1) is 17.6 Å². The van der Waals surface area contributed by atoms with Crippen molar-refractivity contribution in [2.75, 3.05) is 13.2 Å². The van der Waals surface area contributed by atoms with Crippen LogP contribution in [0.5, 0.6) is 5.75 Å². The van der Waals surface area contributed by atoms with Crippen molar-refractivity contribution in [1.29, 1.82) is 0 Å². The molecular formula is C28H29N3O2. The van der Waals surface area contributed by atoms with Gasteiger partial charge in [0.1, 0.15) is 11.6 Å². The number of carbonyl (C=O) groups is 1. The molecule has 4 rings (SSSR count). The van der Waals surface area contributed by atoms with Gasteiger partial charge in [-0.1, -0.05) is 60.7 Å². The highest BCUT2D eigenvalue weighted by Crippen LogP contribution is 2.17. The number of imidazole rings is 1. The first-order chi connectivity index (χ1) is 16.3. The number of benzene rings is 3. The van der Waals surface area contributed by atoms with Gasteiger partial charge in [-0.3, -0.25) is 4.79 Å². The van der Waals surface area contributed by atoms with Crippen LogP contribution in [0.15, 0.2) is 91.0 Å². The van der Waals surface area contributed by atoms with Crippen molar-refractivity contribution in [2.24, 2.45) is 0 Å². The van der Waals surface area contributed by atoms with Gasteiger partial charge in [-0.25, -0.2) is 4.98 Å². The Kier molecular flexibility index (Phi) is 7.90. The Labute approximate surface area is 194 Å². The zero-order valence-electron chi connectivity index (χ0n) is 18.7. The fraction of sp³-hybridized carbons (Fsp3) is 0.214. The molecule has 0 bridgehead atoms. The molecule has 0 fully saturated rings. The molecule has 0 saturated heterocycles. The molecule has 0 unspecified atom stereocenters. The number of unbranched alkanes of at least 4 members (excludes halogenated alkanes) is 1. The highest BCUT2D eigenvalue weighted by atomic mass is 16.5. The molecule has 0 radical (unpaired) electrons. The van der Waals surface area contributed by atoms with E-state index in [1.165, 1.54) is 0 Å². The third-order valence-electron chi connectivity index (χ3n) is 5.40. The first-order valence-corrected chi connectivity index (χ1v) is 11.4. The van der Waals surface area contributed by atoms with Crippen LogP contribution >= 0.6 is 0 Å². The molecule has 0 atom stereocenters. The number of hydrogen-bond donors (Lipinski definition) is 1. The summed E-state index contributed by atoms with van der Waals surface area (Å²) in [4.78, 5) is 17.0. The van der Waals surface area contributed by atoms with E-state index >= 15 is 0 Å². The van der Waals surface area contributed by atoms with E-state index in [0.717, 1.165) is 47.6 Å². The van der Waals surface area contributed by atoms with E-state index in [-0.39, 0.29) is 5.91 Å². The second kappa shape index (κ2) is 11.7. The maximum atomic E-state index is 12.2. The Bertz CT molecular complexity index is 1180. The van der Waals surface area contributed by atoms with Crippen LogP contribution in [0.1, 0.15) is 24.2 Å². The molecule has 33 heavy (non-hydrogen) atoms. The lowest BCUT2D eigenvalue weighted by atomic mass is 10.2. The largest absolute Gasteiger partial charge is 0.494 e. The lowest BCUT2D eigenvalue weighted by Crippen LogP contribution is -2.24. The molecule has 0 saturated carbocycles. The van der Waals surface area contributed by atoms with E-state index < -0.39 is 0 Å². The number of para-hydroxylation sites is 3. The molecule has 1 N–H and O–H groups in total. The Morgan fingerprint density at radius 2 is 1.64 bits per heavy atom. The van der Waals surface area contributed by atoms with Crippen LogP contribution in [0.2, 0.25) is 0 Å². The average Bonchev–Trinajstić information content (AvgIpc) is 3.21. The second-order valence-electron chi connectivity index (χ2n) is 7.82. The number of amides is 1. The van der Waals surface area contributed by atoms with E-state index in [9.17, 15) is 4.79 Å². The maximum absolute atomic E-state index is 12.2. The van der Waals surface area contributed by atoms with Crippen molar-refractivity contribution in [3.63, 3.8) is 0 Å². The Morgan fingerprint density at radius 1 is 0.909 bits per heavy atom. The predicted molar refractivity (Wildman–Crippen MR) is 133 cm³/mol. The van der Waals surface area contributed by atoms with Gasteiger partial charge >= 0.3 is 0 Å². The van der Waals surface area contributed by atoms with Crippen molar-refractivity contribution < 1.29 is 9.53 Å². The molecule has 1 heterocycles. The summed E-state index contributed by atoms with van der Waals surface area (Å²) < 4.78 is 8.08. The Balaban J connectivity index is 1.30. The number of fused-ring (bicyclic) bond motifs is 1. The Hall–Kier alpha value is -3.86. The minimum Gasteiger partial charge on any atom is -0.494 e. The van der Waals surface area contributed by atoms with Crippen LogP contribution in [0.3, 0.4) is 0 Å². The van der Waals surface area contributed by atoms with Crippen molar-refractivity contribution in [2.45, 2.75) is 25.8 Å². The maximum Gasteiger partial charge on any atom is 0.244 e. The van der Waals surface area contributed by atoms with Crippen LogP contribution < -0.4 is 10.1 Å². The SMILES string of the molecule is O=C(/C=C/c1ccccc1)NCCc1nc2ccccc2n1CCCCOc1ccccc1. The number of nitrogens with zero attached hydrogens (tertiary/aromatic N) is 2.